The first-order valence-electron chi connectivity index (χ1n) is 4.55. The lowest BCUT2D eigenvalue weighted by molar-refractivity contribution is -0.148. The summed E-state index contributed by atoms with van der Waals surface area (Å²) in [5, 5.41) is 14.3. The van der Waals surface area contributed by atoms with Gasteiger partial charge in [-0.05, 0) is 20.8 Å². The predicted octanol–water partition coefficient (Wildman–Crippen LogP) is -0.425. The Morgan fingerprint density at radius 2 is 1.93 bits per heavy atom. The van der Waals surface area contributed by atoms with Gasteiger partial charge >= 0.3 is 5.97 Å². The Morgan fingerprint density at radius 3 is 2.21 bits per heavy atom. The summed E-state index contributed by atoms with van der Waals surface area (Å²) in [6.45, 7) is 5.98. The Hall–Kier alpha value is -1.10. The van der Waals surface area contributed by atoms with Crippen molar-refractivity contribution in [1.82, 2.24) is 10.6 Å². The van der Waals surface area contributed by atoms with Crippen molar-refractivity contribution >= 4 is 11.9 Å². The first-order valence-corrected chi connectivity index (χ1v) is 4.55. The van der Waals surface area contributed by atoms with Crippen LogP contribution in [0.1, 0.15) is 20.8 Å². The number of carbonyl (C=O) groups excluding carboxylic acids is 1. The van der Waals surface area contributed by atoms with Gasteiger partial charge in [-0.25, -0.2) is 4.79 Å². The van der Waals surface area contributed by atoms with Crippen molar-refractivity contribution in [2.75, 3.05) is 13.1 Å². The average Bonchev–Trinajstić information content (AvgIpc) is 1.98. The monoisotopic (exact) mass is 200 g/mol. The summed E-state index contributed by atoms with van der Waals surface area (Å²) in [5.74, 6) is -1.23. The van der Waals surface area contributed by atoms with E-state index < -0.39 is 16.9 Å². The lowest BCUT2D eigenvalue weighted by atomic mass is 9.82. The van der Waals surface area contributed by atoms with Crippen LogP contribution in [0.4, 0.5) is 0 Å². The maximum atomic E-state index is 11.7. The zero-order chi connectivity index (χ0) is 11.0. The number of hydrogen-bond acceptors (Lipinski definition) is 3. The van der Waals surface area contributed by atoms with Crippen LogP contribution in [0.25, 0.3) is 0 Å². The molecule has 1 saturated heterocycles. The molecule has 80 valence electrons. The van der Waals surface area contributed by atoms with Gasteiger partial charge in [0.1, 0.15) is 5.54 Å². The zero-order valence-electron chi connectivity index (χ0n) is 8.68. The average molecular weight is 200 g/mol. The number of nitrogens with one attached hydrogen (secondary N) is 2. The molecule has 5 heteroatoms. The first kappa shape index (κ1) is 11.0. The minimum absolute atomic E-state index is 0.205. The number of carboxylic acid groups (broad SMARTS) is 1. The molecular weight excluding hydrogens is 184 g/mol. The molecule has 1 aliphatic rings. The Kier molecular flexibility index (Phi) is 2.54. The van der Waals surface area contributed by atoms with Crippen molar-refractivity contribution in [3.05, 3.63) is 0 Å². The number of hydrogen-bond donors (Lipinski definition) is 3. The molecule has 1 rings (SSSR count). The molecule has 0 bridgehead atoms. The third-order valence-electron chi connectivity index (χ3n) is 2.54. The molecule has 14 heavy (non-hydrogen) atoms. The van der Waals surface area contributed by atoms with E-state index in [9.17, 15) is 9.59 Å². The van der Waals surface area contributed by atoms with Gasteiger partial charge in [-0.3, -0.25) is 4.79 Å². The highest BCUT2D eigenvalue weighted by molar-refractivity contribution is 5.90. The van der Waals surface area contributed by atoms with Gasteiger partial charge in [0.2, 0.25) is 5.91 Å². The summed E-state index contributed by atoms with van der Waals surface area (Å²) >= 11 is 0. The molecular formula is C9H16N2O3. The highest BCUT2D eigenvalue weighted by Gasteiger charge is 2.42. The van der Waals surface area contributed by atoms with Gasteiger partial charge in [0.25, 0.3) is 0 Å². The summed E-state index contributed by atoms with van der Waals surface area (Å²) < 4.78 is 0. The SMILES string of the molecule is CC1(C(=O)NC(C)(C)C(=O)O)CNC1. The molecule has 0 saturated carbocycles. The van der Waals surface area contributed by atoms with Crippen molar-refractivity contribution in [3.8, 4) is 0 Å². The lowest BCUT2D eigenvalue weighted by Crippen LogP contribution is -2.63. The number of carbonyl (C=O) groups is 2. The molecule has 0 aliphatic carbocycles. The minimum atomic E-state index is -1.20. The van der Waals surface area contributed by atoms with Crippen LogP contribution < -0.4 is 10.6 Å². The summed E-state index contributed by atoms with van der Waals surface area (Å²) in [5.41, 5.74) is -1.65. The van der Waals surface area contributed by atoms with E-state index in [1.54, 1.807) is 0 Å². The number of carboxylic acids is 1. The third kappa shape index (κ3) is 1.87. The van der Waals surface area contributed by atoms with Gasteiger partial charge in [0, 0.05) is 13.1 Å². The molecule has 0 spiro atoms. The summed E-state index contributed by atoms with van der Waals surface area (Å²) in [6, 6.07) is 0. The van der Waals surface area contributed by atoms with Crippen LogP contribution >= 0.6 is 0 Å². The maximum Gasteiger partial charge on any atom is 0.328 e. The van der Waals surface area contributed by atoms with E-state index in [1.807, 2.05) is 6.92 Å². The molecule has 5 nitrogen and oxygen atoms in total. The molecule has 0 atom stereocenters. The van der Waals surface area contributed by atoms with Crippen LogP contribution in [-0.2, 0) is 9.59 Å². The quantitative estimate of drug-likeness (QED) is 0.578. The second kappa shape index (κ2) is 3.24. The van der Waals surface area contributed by atoms with Crippen LogP contribution in [0.3, 0.4) is 0 Å². The van der Waals surface area contributed by atoms with E-state index in [0.717, 1.165) is 0 Å². The topological polar surface area (TPSA) is 78.4 Å². The fourth-order valence-electron chi connectivity index (χ4n) is 1.15. The van der Waals surface area contributed by atoms with Gasteiger partial charge in [-0.1, -0.05) is 0 Å². The van der Waals surface area contributed by atoms with E-state index in [2.05, 4.69) is 10.6 Å². The summed E-state index contributed by atoms with van der Waals surface area (Å²) in [4.78, 5) is 22.4. The molecule has 0 aromatic carbocycles. The van der Waals surface area contributed by atoms with Crippen molar-refractivity contribution in [2.45, 2.75) is 26.3 Å². The van der Waals surface area contributed by atoms with Gasteiger partial charge < -0.3 is 15.7 Å². The Morgan fingerprint density at radius 1 is 1.43 bits per heavy atom. The number of rotatable bonds is 3. The van der Waals surface area contributed by atoms with Gasteiger partial charge in [0.05, 0.1) is 5.41 Å². The van der Waals surface area contributed by atoms with Crippen LogP contribution in [0.15, 0.2) is 0 Å². The molecule has 1 heterocycles. The molecule has 0 unspecified atom stereocenters. The third-order valence-corrected chi connectivity index (χ3v) is 2.54. The number of aliphatic carboxylic acids is 1. The molecule has 1 aliphatic heterocycles. The normalized spacial score (nSPS) is 19.6. The Balaban J connectivity index is 2.60. The molecule has 0 aromatic rings. The van der Waals surface area contributed by atoms with Gasteiger partial charge in [-0.2, -0.15) is 0 Å². The standard InChI is InChI=1S/C9H16N2O3/c1-8(2,7(13)14)11-6(12)9(3)4-10-5-9/h10H,4-5H2,1-3H3,(H,11,12)(H,13,14). The smallest absolute Gasteiger partial charge is 0.328 e. The zero-order valence-corrected chi connectivity index (χ0v) is 8.68. The van der Waals surface area contributed by atoms with E-state index in [4.69, 9.17) is 5.11 Å². The van der Waals surface area contributed by atoms with Crippen LogP contribution in [-0.4, -0.2) is 35.6 Å². The summed E-state index contributed by atoms with van der Waals surface area (Å²) in [6.07, 6.45) is 0. The van der Waals surface area contributed by atoms with Crippen molar-refractivity contribution in [2.24, 2.45) is 5.41 Å². The van der Waals surface area contributed by atoms with E-state index in [0.29, 0.717) is 13.1 Å². The lowest BCUT2D eigenvalue weighted by Gasteiger charge is -2.39. The van der Waals surface area contributed by atoms with Gasteiger partial charge in [0.15, 0.2) is 0 Å². The highest BCUT2D eigenvalue weighted by Crippen LogP contribution is 2.22. The maximum absolute atomic E-state index is 11.7. The van der Waals surface area contributed by atoms with Crippen molar-refractivity contribution < 1.29 is 14.7 Å². The van der Waals surface area contributed by atoms with Crippen molar-refractivity contribution in [1.29, 1.82) is 0 Å². The molecule has 1 fully saturated rings. The van der Waals surface area contributed by atoms with Crippen LogP contribution in [0.5, 0.6) is 0 Å². The summed E-state index contributed by atoms with van der Waals surface area (Å²) in [7, 11) is 0. The molecule has 3 N–H and O–H groups in total. The van der Waals surface area contributed by atoms with E-state index >= 15 is 0 Å². The molecule has 1 amide bonds. The largest absolute Gasteiger partial charge is 0.480 e. The van der Waals surface area contributed by atoms with E-state index in [-0.39, 0.29) is 5.91 Å². The molecule has 0 radical (unpaired) electrons. The van der Waals surface area contributed by atoms with Gasteiger partial charge in [-0.15, -0.1) is 0 Å². The molecule has 0 aromatic heterocycles. The van der Waals surface area contributed by atoms with Crippen LogP contribution in [0, 0.1) is 5.41 Å². The number of amides is 1. The Bertz CT molecular complexity index is 269. The fraction of sp³-hybridized carbons (Fsp3) is 0.778. The second-order valence-electron chi connectivity index (χ2n) is 4.55. The van der Waals surface area contributed by atoms with E-state index in [1.165, 1.54) is 13.8 Å². The minimum Gasteiger partial charge on any atom is -0.480 e. The van der Waals surface area contributed by atoms with Crippen LogP contribution in [0.2, 0.25) is 0 Å². The second-order valence-corrected chi connectivity index (χ2v) is 4.55. The van der Waals surface area contributed by atoms with Crippen molar-refractivity contribution in [3.63, 3.8) is 0 Å². The Labute approximate surface area is 82.9 Å². The first-order chi connectivity index (χ1) is 6.28. The predicted molar refractivity (Wildman–Crippen MR) is 50.8 cm³/mol. The highest BCUT2D eigenvalue weighted by atomic mass is 16.4. The fourth-order valence-corrected chi connectivity index (χ4v) is 1.15.